The highest BCUT2D eigenvalue weighted by Gasteiger charge is 2.20. The van der Waals surface area contributed by atoms with Gasteiger partial charge >= 0.3 is 0 Å². The number of rotatable bonds is 3. The van der Waals surface area contributed by atoms with Crippen LogP contribution in [0.2, 0.25) is 5.02 Å². The first-order valence-electron chi connectivity index (χ1n) is 5.80. The molecule has 1 aromatic rings. The first-order valence-corrected chi connectivity index (χ1v) is 6.18. The summed E-state index contributed by atoms with van der Waals surface area (Å²) in [5.41, 5.74) is 6.63. The molecule has 0 aliphatic carbocycles. The van der Waals surface area contributed by atoms with Crippen LogP contribution in [0.15, 0.2) is 18.2 Å². The van der Waals surface area contributed by atoms with E-state index in [2.05, 4.69) is 0 Å². The van der Waals surface area contributed by atoms with Gasteiger partial charge < -0.3 is 15.2 Å². The molecule has 1 heterocycles. The van der Waals surface area contributed by atoms with Gasteiger partial charge in [-0.3, -0.25) is 0 Å². The Bertz CT molecular complexity index is 395. The first kappa shape index (κ1) is 12.7. The van der Waals surface area contributed by atoms with Crippen molar-refractivity contribution in [2.24, 2.45) is 5.73 Å². The first-order chi connectivity index (χ1) is 7.97. The van der Waals surface area contributed by atoms with E-state index in [-0.39, 0.29) is 6.10 Å². The largest absolute Gasteiger partial charge is 0.486 e. The summed E-state index contributed by atoms with van der Waals surface area (Å²) in [6, 6.07) is 5.70. The number of hydrogen-bond acceptors (Lipinski definition) is 3. The maximum atomic E-state index is 6.19. The van der Waals surface area contributed by atoms with Crippen molar-refractivity contribution in [3.05, 3.63) is 28.8 Å². The van der Waals surface area contributed by atoms with Crippen LogP contribution in [0.4, 0.5) is 0 Å². The van der Waals surface area contributed by atoms with Gasteiger partial charge in [-0.05, 0) is 31.5 Å². The lowest BCUT2D eigenvalue weighted by Crippen LogP contribution is -2.28. The number of halogens is 1. The van der Waals surface area contributed by atoms with Crippen molar-refractivity contribution in [3.8, 4) is 5.75 Å². The molecule has 0 aromatic heterocycles. The quantitative estimate of drug-likeness (QED) is 0.903. The number of nitrogens with two attached hydrogens (primary N) is 1. The third-order valence-electron chi connectivity index (χ3n) is 2.86. The lowest BCUT2D eigenvalue weighted by atomic mass is 9.96. The minimum atomic E-state index is -0.390. The van der Waals surface area contributed by atoms with E-state index in [9.17, 15) is 0 Å². The van der Waals surface area contributed by atoms with Gasteiger partial charge in [-0.15, -0.1) is 0 Å². The second-order valence-corrected chi connectivity index (χ2v) is 5.38. The Labute approximate surface area is 107 Å². The van der Waals surface area contributed by atoms with Gasteiger partial charge in [-0.25, -0.2) is 0 Å². The van der Waals surface area contributed by atoms with Crippen molar-refractivity contribution in [3.63, 3.8) is 0 Å². The zero-order chi connectivity index (χ0) is 12.5. The van der Waals surface area contributed by atoms with Crippen LogP contribution in [0.3, 0.4) is 0 Å². The fraction of sp³-hybridized carbons (Fsp3) is 0.538. The smallest absolute Gasteiger partial charge is 0.138 e. The predicted molar refractivity (Wildman–Crippen MR) is 68.5 cm³/mol. The topological polar surface area (TPSA) is 44.5 Å². The van der Waals surface area contributed by atoms with E-state index >= 15 is 0 Å². The zero-order valence-electron chi connectivity index (χ0n) is 10.2. The fourth-order valence-corrected chi connectivity index (χ4v) is 2.01. The van der Waals surface area contributed by atoms with Crippen molar-refractivity contribution < 1.29 is 9.47 Å². The summed E-state index contributed by atoms with van der Waals surface area (Å²) in [6.45, 7) is 5.30. The van der Waals surface area contributed by atoms with Crippen molar-refractivity contribution in [2.45, 2.75) is 31.9 Å². The number of benzene rings is 1. The summed E-state index contributed by atoms with van der Waals surface area (Å²) < 4.78 is 11.0. The molecule has 94 valence electrons. The van der Waals surface area contributed by atoms with Gasteiger partial charge in [0.25, 0.3) is 0 Å². The van der Waals surface area contributed by atoms with Gasteiger partial charge in [0.15, 0.2) is 0 Å². The highest BCUT2D eigenvalue weighted by atomic mass is 35.5. The molecule has 3 nitrogen and oxygen atoms in total. The summed E-state index contributed by atoms with van der Waals surface area (Å²) in [7, 11) is 0. The van der Waals surface area contributed by atoms with Crippen LogP contribution in [-0.4, -0.2) is 19.3 Å². The van der Waals surface area contributed by atoms with E-state index < -0.39 is 5.54 Å². The Morgan fingerprint density at radius 1 is 1.47 bits per heavy atom. The fourth-order valence-electron chi connectivity index (χ4n) is 1.78. The zero-order valence-corrected chi connectivity index (χ0v) is 11.0. The summed E-state index contributed by atoms with van der Waals surface area (Å²) in [6.07, 6.45) is 1.03. The molecule has 1 unspecified atom stereocenters. The minimum absolute atomic E-state index is 0.115. The maximum Gasteiger partial charge on any atom is 0.138 e. The molecule has 2 rings (SSSR count). The van der Waals surface area contributed by atoms with Gasteiger partial charge in [0.05, 0.1) is 18.2 Å². The summed E-state index contributed by atoms with van der Waals surface area (Å²) in [5, 5.41) is 0.605. The van der Waals surface area contributed by atoms with Crippen LogP contribution in [-0.2, 0) is 10.3 Å². The Hall–Kier alpha value is -0.770. The van der Waals surface area contributed by atoms with Crippen LogP contribution < -0.4 is 10.5 Å². The molecule has 4 heteroatoms. The van der Waals surface area contributed by atoms with E-state index in [4.69, 9.17) is 26.8 Å². The monoisotopic (exact) mass is 255 g/mol. The van der Waals surface area contributed by atoms with Gasteiger partial charge in [0, 0.05) is 12.0 Å². The number of hydrogen-bond donors (Lipinski definition) is 1. The van der Waals surface area contributed by atoms with Crippen LogP contribution in [0.1, 0.15) is 25.8 Å². The Morgan fingerprint density at radius 2 is 2.24 bits per heavy atom. The van der Waals surface area contributed by atoms with Crippen molar-refractivity contribution in [1.29, 1.82) is 0 Å². The lowest BCUT2D eigenvalue weighted by molar-refractivity contribution is 0.141. The Balaban J connectivity index is 2.14. The van der Waals surface area contributed by atoms with Crippen LogP contribution in [0.25, 0.3) is 0 Å². The van der Waals surface area contributed by atoms with Gasteiger partial charge in [-0.2, -0.15) is 0 Å². The lowest BCUT2D eigenvalue weighted by Gasteiger charge is -2.21. The number of ether oxygens (including phenoxy) is 2. The van der Waals surface area contributed by atoms with Gasteiger partial charge in [-0.1, -0.05) is 17.7 Å². The van der Waals surface area contributed by atoms with E-state index in [1.807, 2.05) is 32.0 Å². The van der Waals surface area contributed by atoms with Gasteiger partial charge in [0.1, 0.15) is 11.9 Å². The summed E-state index contributed by atoms with van der Waals surface area (Å²) >= 11 is 6.19. The molecule has 0 spiro atoms. The van der Waals surface area contributed by atoms with E-state index in [1.54, 1.807) is 0 Å². The van der Waals surface area contributed by atoms with Crippen molar-refractivity contribution >= 4 is 11.6 Å². The highest BCUT2D eigenvalue weighted by molar-refractivity contribution is 6.32. The van der Waals surface area contributed by atoms with Gasteiger partial charge in [0.2, 0.25) is 0 Å². The van der Waals surface area contributed by atoms with E-state index in [0.29, 0.717) is 17.4 Å². The average Bonchev–Trinajstić information content (AvgIpc) is 2.72. The molecule has 2 N–H and O–H groups in total. The van der Waals surface area contributed by atoms with Crippen LogP contribution >= 0.6 is 11.6 Å². The molecule has 0 radical (unpaired) electrons. The van der Waals surface area contributed by atoms with Crippen molar-refractivity contribution in [2.75, 3.05) is 13.2 Å². The molecule has 0 bridgehead atoms. The molecular weight excluding hydrogens is 238 g/mol. The molecule has 1 aliphatic rings. The van der Waals surface area contributed by atoms with Crippen LogP contribution in [0.5, 0.6) is 5.75 Å². The average molecular weight is 256 g/mol. The highest BCUT2D eigenvalue weighted by Crippen LogP contribution is 2.30. The second-order valence-electron chi connectivity index (χ2n) is 4.97. The molecule has 1 atom stereocenters. The summed E-state index contributed by atoms with van der Waals surface area (Å²) in [4.78, 5) is 0. The minimum Gasteiger partial charge on any atom is -0.486 e. The SMILES string of the molecule is CC(C)(N)c1ccc(OC2CCOC2)c(Cl)c1. The predicted octanol–water partition coefficient (Wildman–Crippen LogP) is 2.70. The molecule has 17 heavy (non-hydrogen) atoms. The second kappa shape index (κ2) is 4.84. The molecule has 0 amide bonds. The van der Waals surface area contributed by atoms with Crippen molar-refractivity contribution in [1.82, 2.24) is 0 Å². The third-order valence-corrected chi connectivity index (χ3v) is 3.15. The van der Waals surface area contributed by atoms with E-state index in [1.165, 1.54) is 0 Å². The Morgan fingerprint density at radius 3 is 2.76 bits per heavy atom. The standard InChI is InChI=1S/C13H18ClNO2/c1-13(2,15)9-3-4-12(11(14)7-9)17-10-5-6-16-8-10/h3-4,7,10H,5-6,8,15H2,1-2H3. The third kappa shape index (κ3) is 3.12. The molecular formula is C13H18ClNO2. The molecule has 1 saturated heterocycles. The molecule has 1 aromatic carbocycles. The molecule has 0 saturated carbocycles. The molecule has 1 aliphatic heterocycles. The molecule has 1 fully saturated rings. The summed E-state index contributed by atoms with van der Waals surface area (Å²) in [5.74, 6) is 0.704. The Kier molecular flexibility index (Phi) is 3.61. The maximum absolute atomic E-state index is 6.19. The normalized spacial score (nSPS) is 20.6. The van der Waals surface area contributed by atoms with E-state index in [0.717, 1.165) is 18.6 Å². The van der Waals surface area contributed by atoms with Crippen LogP contribution in [0, 0.1) is 0 Å².